The summed E-state index contributed by atoms with van der Waals surface area (Å²) in [5.41, 5.74) is 0. The molecule has 0 aromatic carbocycles. The van der Waals surface area contributed by atoms with Crippen molar-refractivity contribution < 1.29 is 14.9 Å². The Morgan fingerprint density at radius 1 is 1.50 bits per heavy atom. The predicted molar refractivity (Wildman–Crippen MR) is 27.2 cm³/mol. The lowest BCUT2D eigenvalue weighted by Crippen LogP contribution is -2.19. The van der Waals surface area contributed by atoms with Crippen molar-refractivity contribution in [2.24, 2.45) is 0 Å². The van der Waals surface area contributed by atoms with E-state index in [1.54, 1.807) is 0 Å². The number of ether oxygens (including phenoxy) is 1. The molecular weight excluding hydrogens is 108 g/mol. The Hall–Kier alpha value is -0.120. The van der Waals surface area contributed by atoms with Gasteiger partial charge in [0, 0.05) is 6.42 Å². The Morgan fingerprint density at radius 3 is 2.25 bits per heavy atom. The summed E-state index contributed by atoms with van der Waals surface area (Å²) in [6, 6.07) is 0. The van der Waals surface area contributed by atoms with Crippen LogP contribution in [0.4, 0.5) is 0 Å². The topological polar surface area (TPSA) is 49.7 Å². The van der Waals surface area contributed by atoms with Gasteiger partial charge in [0.1, 0.15) is 6.10 Å². The van der Waals surface area contributed by atoms with E-state index in [4.69, 9.17) is 14.9 Å². The molecule has 0 bridgehead atoms. The summed E-state index contributed by atoms with van der Waals surface area (Å²) < 4.78 is 4.78. The molecule has 0 saturated carbocycles. The fourth-order valence-electron chi connectivity index (χ4n) is 0.841. The second-order valence-corrected chi connectivity index (χ2v) is 2.14. The van der Waals surface area contributed by atoms with Crippen LogP contribution in [0.15, 0.2) is 0 Å². The van der Waals surface area contributed by atoms with E-state index in [2.05, 4.69) is 0 Å². The van der Waals surface area contributed by atoms with Crippen LogP contribution in [-0.4, -0.2) is 28.7 Å². The largest absolute Gasteiger partial charge is 0.388 e. The lowest BCUT2D eigenvalue weighted by atomic mass is 10.2. The number of aliphatic hydroxyl groups is 2. The fourth-order valence-corrected chi connectivity index (χ4v) is 0.841. The highest BCUT2D eigenvalue weighted by molar-refractivity contribution is 4.71. The number of hydrogen-bond donors (Lipinski definition) is 2. The maximum Gasteiger partial charge on any atom is 0.181 e. The number of hydrogen-bond acceptors (Lipinski definition) is 3. The smallest absolute Gasteiger partial charge is 0.181 e. The molecule has 1 fully saturated rings. The average Bonchev–Trinajstić information content (AvgIpc) is 1.85. The quantitative estimate of drug-likeness (QED) is 0.449. The first-order valence-electron chi connectivity index (χ1n) is 2.71. The van der Waals surface area contributed by atoms with E-state index in [1.807, 2.05) is 6.92 Å². The summed E-state index contributed by atoms with van der Waals surface area (Å²) >= 11 is 0. The molecule has 3 atom stereocenters. The molecule has 0 amide bonds. The Morgan fingerprint density at radius 2 is 2.12 bits per heavy atom. The summed E-state index contributed by atoms with van der Waals surface area (Å²) in [6.45, 7) is 1.82. The van der Waals surface area contributed by atoms with Crippen LogP contribution < -0.4 is 0 Å². The third-order valence-corrected chi connectivity index (χ3v) is 1.27. The second kappa shape index (κ2) is 2.01. The van der Waals surface area contributed by atoms with Crippen LogP contribution in [0.5, 0.6) is 0 Å². The normalized spacial score (nSPS) is 47.6. The first-order valence-corrected chi connectivity index (χ1v) is 2.71. The monoisotopic (exact) mass is 118 g/mol. The third-order valence-electron chi connectivity index (χ3n) is 1.27. The zero-order valence-corrected chi connectivity index (χ0v) is 4.74. The molecule has 1 aliphatic heterocycles. The minimum Gasteiger partial charge on any atom is -0.388 e. The molecule has 1 rings (SSSR count). The van der Waals surface area contributed by atoms with Crippen molar-refractivity contribution in [2.75, 3.05) is 0 Å². The van der Waals surface area contributed by atoms with Crippen LogP contribution in [0.3, 0.4) is 0 Å². The minimum atomic E-state index is -0.954. The second-order valence-electron chi connectivity index (χ2n) is 2.14. The molecule has 8 heavy (non-hydrogen) atoms. The van der Waals surface area contributed by atoms with E-state index in [0.717, 1.165) is 0 Å². The Balaban J connectivity index is 2.39. The van der Waals surface area contributed by atoms with Gasteiger partial charge in [0.15, 0.2) is 6.29 Å². The van der Waals surface area contributed by atoms with Crippen LogP contribution in [0, 0.1) is 0 Å². The van der Waals surface area contributed by atoms with Crippen LogP contribution in [0.2, 0.25) is 0 Å². The zero-order valence-electron chi connectivity index (χ0n) is 4.74. The van der Waals surface area contributed by atoms with Crippen molar-refractivity contribution in [3.8, 4) is 0 Å². The molecule has 1 heterocycles. The van der Waals surface area contributed by atoms with Crippen molar-refractivity contribution in [1.82, 2.24) is 0 Å². The van der Waals surface area contributed by atoms with Gasteiger partial charge in [-0.25, -0.2) is 0 Å². The van der Waals surface area contributed by atoms with Crippen LogP contribution in [0.1, 0.15) is 13.3 Å². The molecule has 1 saturated heterocycles. The number of aliphatic hydroxyl groups excluding tert-OH is 2. The van der Waals surface area contributed by atoms with Gasteiger partial charge < -0.3 is 14.9 Å². The van der Waals surface area contributed by atoms with Crippen molar-refractivity contribution in [1.29, 1.82) is 0 Å². The van der Waals surface area contributed by atoms with Gasteiger partial charge in [-0.15, -0.1) is 0 Å². The van der Waals surface area contributed by atoms with Gasteiger partial charge in [-0.05, 0) is 6.92 Å². The maximum atomic E-state index is 8.79. The van der Waals surface area contributed by atoms with Gasteiger partial charge in [0.05, 0.1) is 6.10 Å². The van der Waals surface area contributed by atoms with Gasteiger partial charge in [0.25, 0.3) is 0 Å². The molecule has 1 aliphatic rings. The third kappa shape index (κ3) is 0.992. The van der Waals surface area contributed by atoms with E-state index >= 15 is 0 Å². The van der Waals surface area contributed by atoms with E-state index in [9.17, 15) is 0 Å². The van der Waals surface area contributed by atoms with Crippen molar-refractivity contribution >= 4 is 0 Å². The summed E-state index contributed by atoms with van der Waals surface area (Å²) in [7, 11) is 0. The minimum absolute atomic E-state index is 0.000000000000000222. The lowest BCUT2D eigenvalue weighted by Gasteiger charge is -2.03. The zero-order chi connectivity index (χ0) is 6.15. The van der Waals surface area contributed by atoms with Gasteiger partial charge in [0.2, 0.25) is 0 Å². The molecule has 0 aliphatic carbocycles. The van der Waals surface area contributed by atoms with Crippen molar-refractivity contribution in [2.45, 2.75) is 31.8 Å². The Bertz CT molecular complexity index is 73.7. The predicted octanol–water partition coefficient (Wildman–Crippen LogP) is -0.526. The Labute approximate surface area is 47.9 Å². The Kier molecular flexibility index (Phi) is 1.51. The molecule has 0 radical (unpaired) electrons. The number of rotatable bonds is 0. The molecule has 0 unspecified atom stereocenters. The summed E-state index contributed by atoms with van der Waals surface area (Å²) in [5, 5.41) is 17.5. The van der Waals surface area contributed by atoms with Crippen LogP contribution in [-0.2, 0) is 4.74 Å². The highest BCUT2D eigenvalue weighted by Crippen LogP contribution is 2.16. The first-order chi connectivity index (χ1) is 3.70. The maximum absolute atomic E-state index is 8.79. The fraction of sp³-hybridized carbons (Fsp3) is 1.00. The summed E-state index contributed by atoms with van der Waals surface area (Å²) in [4.78, 5) is 0. The molecule has 48 valence electrons. The molecular formula is C5H10O3. The van der Waals surface area contributed by atoms with Gasteiger partial charge >= 0.3 is 0 Å². The summed E-state index contributed by atoms with van der Waals surface area (Å²) in [6.07, 6.45) is -1.09. The van der Waals surface area contributed by atoms with Crippen molar-refractivity contribution in [3.63, 3.8) is 0 Å². The highest BCUT2D eigenvalue weighted by atomic mass is 16.6. The summed E-state index contributed by atoms with van der Waals surface area (Å²) in [5.74, 6) is 0. The molecule has 0 aromatic heterocycles. The van der Waals surface area contributed by atoms with Crippen LogP contribution >= 0.6 is 0 Å². The first kappa shape index (κ1) is 6.01. The molecule has 3 nitrogen and oxygen atoms in total. The molecule has 2 N–H and O–H groups in total. The standard InChI is InChI=1S/C5H10O3/c1-3-2-4(6)5(7)8-3/h3-7H,2H2,1H3/t3-,4-,5+/m1/s1. The van der Waals surface area contributed by atoms with Gasteiger partial charge in [-0.2, -0.15) is 0 Å². The van der Waals surface area contributed by atoms with E-state index in [0.29, 0.717) is 6.42 Å². The van der Waals surface area contributed by atoms with Gasteiger partial charge in [-0.1, -0.05) is 0 Å². The van der Waals surface area contributed by atoms with E-state index < -0.39 is 12.4 Å². The molecule has 0 aromatic rings. The van der Waals surface area contributed by atoms with Gasteiger partial charge in [-0.3, -0.25) is 0 Å². The molecule has 0 spiro atoms. The van der Waals surface area contributed by atoms with E-state index in [-0.39, 0.29) is 6.10 Å². The van der Waals surface area contributed by atoms with Crippen LogP contribution in [0.25, 0.3) is 0 Å². The lowest BCUT2D eigenvalue weighted by molar-refractivity contribution is -0.123. The SMILES string of the molecule is C[C@@H]1C[C@@H](O)[C@@H](O)O1. The van der Waals surface area contributed by atoms with Crippen molar-refractivity contribution in [3.05, 3.63) is 0 Å². The highest BCUT2D eigenvalue weighted by Gasteiger charge is 2.28. The average molecular weight is 118 g/mol. The molecule has 3 heteroatoms. The van der Waals surface area contributed by atoms with E-state index in [1.165, 1.54) is 0 Å².